The maximum atomic E-state index is 12.3. The van der Waals surface area contributed by atoms with E-state index in [0.717, 1.165) is 0 Å². The number of hydrogen-bond donors (Lipinski definition) is 3. The van der Waals surface area contributed by atoms with Gasteiger partial charge in [0.05, 0.1) is 5.69 Å². The molecule has 0 unspecified atom stereocenters. The van der Waals surface area contributed by atoms with Crippen LogP contribution in [0.15, 0.2) is 41.2 Å². The van der Waals surface area contributed by atoms with E-state index >= 15 is 0 Å². The van der Waals surface area contributed by atoms with Crippen molar-refractivity contribution in [2.75, 3.05) is 5.32 Å². The standard InChI is InChI=1S/C20H18N4O5/c1-2-24-10-15(20(27)28)16(11-24)22-18(26)8-7-17-14(9-21)19(23-29-17)12-3-5-13(25)6-4-12/h3-6,10-11,25H,2,7-8H2,1H3,(H,22,26)(H,27,28). The molecule has 0 atom stereocenters. The van der Waals surface area contributed by atoms with Crippen molar-refractivity contribution in [1.82, 2.24) is 9.72 Å². The molecule has 0 aliphatic heterocycles. The maximum absolute atomic E-state index is 12.3. The Kier molecular flexibility index (Phi) is 5.64. The number of hydrogen-bond acceptors (Lipinski definition) is 6. The topological polar surface area (TPSA) is 141 Å². The molecule has 0 aliphatic rings. The predicted molar refractivity (Wildman–Crippen MR) is 102 cm³/mol. The van der Waals surface area contributed by atoms with Gasteiger partial charge in [-0.2, -0.15) is 5.26 Å². The van der Waals surface area contributed by atoms with Crippen molar-refractivity contribution in [1.29, 1.82) is 5.26 Å². The third kappa shape index (κ3) is 4.27. The van der Waals surface area contributed by atoms with E-state index in [4.69, 9.17) is 4.52 Å². The Bertz CT molecular complexity index is 1090. The summed E-state index contributed by atoms with van der Waals surface area (Å²) in [6.07, 6.45) is 3.11. The number of aryl methyl sites for hydroxylation is 2. The van der Waals surface area contributed by atoms with Crippen LogP contribution in [0.5, 0.6) is 5.75 Å². The molecule has 2 aromatic heterocycles. The molecule has 3 N–H and O–H groups in total. The van der Waals surface area contributed by atoms with Crippen molar-refractivity contribution in [2.24, 2.45) is 0 Å². The predicted octanol–water partition coefficient (Wildman–Crippen LogP) is 3.01. The molecular formula is C20H18N4O5. The highest BCUT2D eigenvalue weighted by Crippen LogP contribution is 2.27. The molecule has 0 radical (unpaired) electrons. The molecule has 9 heteroatoms. The van der Waals surface area contributed by atoms with E-state index in [0.29, 0.717) is 17.8 Å². The molecule has 9 nitrogen and oxygen atoms in total. The Morgan fingerprint density at radius 3 is 2.62 bits per heavy atom. The Hall–Kier alpha value is -4.06. The molecule has 0 bridgehead atoms. The fraction of sp³-hybridized carbons (Fsp3) is 0.200. The molecule has 0 fully saturated rings. The van der Waals surface area contributed by atoms with Gasteiger partial charge in [-0.1, -0.05) is 5.16 Å². The van der Waals surface area contributed by atoms with Crippen LogP contribution in [-0.2, 0) is 17.8 Å². The van der Waals surface area contributed by atoms with E-state index in [9.17, 15) is 25.1 Å². The van der Waals surface area contributed by atoms with E-state index in [2.05, 4.69) is 10.5 Å². The summed E-state index contributed by atoms with van der Waals surface area (Å²) in [7, 11) is 0. The highest BCUT2D eigenvalue weighted by atomic mass is 16.5. The van der Waals surface area contributed by atoms with Gasteiger partial charge < -0.3 is 24.6 Å². The average Bonchev–Trinajstić information content (AvgIpc) is 3.30. The van der Waals surface area contributed by atoms with Crippen molar-refractivity contribution in [2.45, 2.75) is 26.3 Å². The molecule has 3 rings (SSSR count). The molecule has 0 saturated carbocycles. The molecule has 2 heterocycles. The van der Waals surface area contributed by atoms with Gasteiger partial charge in [-0.3, -0.25) is 4.79 Å². The van der Waals surface area contributed by atoms with Gasteiger partial charge in [0.2, 0.25) is 5.91 Å². The van der Waals surface area contributed by atoms with Crippen molar-refractivity contribution < 1.29 is 24.3 Å². The quantitative estimate of drug-likeness (QED) is 0.559. The third-order valence-electron chi connectivity index (χ3n) is 4.34. The first-order chi connectivity index (χ1) is 13.9. The second kappa shape index (κ2) is 8.31. The molecule has 0 aliphatic carbocycles. The number of aromatic carboxylic acids is 1. The van der Waals surface area contributed by atoms with Gasteiger partial charge in [0, 0.05) is 37.3 Å². The average molecular weight is 394 g/mol. The molecule has 3 aromatic rings. The lowest BCUT2D eigenvalue weighted by molar-refractivity contribution is -0.116. The second-order valence-corrected chi connectivity index (χ2v) is 6.26. The van der Waals surface area contributed by atoms with Gasteiger partial charge in [-0.15, -0.1) is 0 Å². The van der Waals surface area contributed by atoms with Crippen LogP contribution in [0.25, 0.3) is 11.3 Å². The number of benzene rings is 1. The Labute approximate surface area is 165 Å². The summed E-state index contributed by atoms with van der Waals surface area (Å²) in [4.78, 5) is 23.6. The van der Waals surface area contributed by atoms with Gasteiger partial charge in [0.25, 0.3) is 0 Å². The zero-order valence-corrected chi connectivity index (χ0v) is 15.5. The van der Waals surface area contributed by atoms with E-state index < -0.39 is 11.9 Å². The second-order valence-electron chi connectivity index (χ2n) is 6.26. The fourth-order valence-electron chi connectivity index (χ4n) is 2.83. The molecule has 148 valence electrons. The number of aromatic nitrogens is 2. The monoisotopic (exact) mass is 394 g/mol. The molecule has 29 heavy (non-hydrogen) atoms. The molecule has 1 aromatic carbocycles. The van der Waals surface area contributed by atoms with E-state index in [1.165, 1.54) is 18.3 Å². The number of anilines is 1. The van der Waals surface area contributed by atoms with Gasteiger partial charge in [-0.25, -0.2) is 4.79 Å². The van der Waals surface area contributed by atoms with Crippen molar-refractivity contribution in [3.8, 4) is 23.1 Å². The lowest BCUT2D eigenvalue weighted by Crippen LogP contribution is -2.14. The van der Waals surface area contributed by atoms with E-state index in [1.54, 1.807) is 22.9 Å². The number of carbonyl (C=O) groups is 2. The SMILES string of the molecule is CCn1cc(NC(=O)CCc2onc(-c3ccc(O)cc3)c2C#N)c(C(=O)O)c1. The largest absolute Gasteiger partial charge is 0.508 e. The Balaban J connectivity index is 1.71. The summed E-state index contributed by atoms with van der Waals surface area (Å²) >= 11 is 0. The molecule has 0 spiro atoms. The number of nitriles is 1. The summed E-state index contributed by atoms with van der Waals surface area (Å²) < 4.78 is 6.90. The molecular weight excluding hydrogens is 376 g/mol. The summed E-state index contributed by atoms with van der Waals surface area (Å²) in [6, 6.07) is 8.20. The first kappa shape index (κ1) is 19.7. The number of carboxylic acid groups (broad SMARTS) is 1. The maximum Gasteiger partial charge on any atom is 0.339 e. The van der Waals surface area contributed by atoms with Crippen LogP contribution in [0, 0.1) is 11.3 Å². The van der Waals surface area contributed by atoms with E-state index in [1.807, 2.05) is 13.0 Å². The number of aromatic hydroxyl groups is 1. The number of phenolic OH excluding ortho intramolecular Hbond substituents is 1. The number of amides is 1. The number of phenols is 1. The molecule has 0 saturated heterocycles. The minimum absolute atomic E-state index is 0.00666. The van der Waals surface area contributed by atoms with Gasteiger partial charge in [0.1, 0.15) is 28.6 Å². The van der Waals surface area contributed by atoms with Crippen LogP contribution >= 0.6 is 0 Å². The minimum atomic E-state index is -1.13. The summed E-state index contributed by atoms with van der Waals surface area (Å²) in [5.74, 6) is -1.19. The smallest absolute Gasteiger partial charge is 0.339 e. The Morgan fingerprint density at radius 2 is 2.00 bits per heavy atom. The molecule has 1 amide bonds. The van der Waals surface area contributed by atoms with Crippen LogP contribution in [-0.4, -0.2) is 31.8 Å². The van der Waals surface area contributed by atoms with Crippen molar-refractivity contribution in [3.05, 3.63) is 53.5 Å². The first-order valence-corrected chi connectivity index (χ1v) is 8.83. The normalized spacial score (nSPS) is 10.5. The number of nitrogens with one attached hydrogen (secondary N) is 1. The van der Waals surface area contributed by atoms with Gasteiger partial charge >= 0.3 is 5.97 Å². The summed E-state index contributed by atoms with van der Waals surface area (Å²) in [6.45, 7) is 2.43. The number of carboxylic acids is 1. The zero-order chi connectivity index (χ0) is 21.0. The van der Waals surface area contributed by atoms with E-state index in [-0.39, 0.29) is 41.2 Å². The van der Waals surface area contributed by atoms with Gasteiger partial charge in [0.15, 0.2) is 5.76 Å². The lowest BCUT2D eigenvalue weighted by Gasteiger charge is -2.03. The zero-order valence-electron chi connectivity index (χ0n) is 15.5. The van der Waals surface area contributed by atoms with Crippen LogP contribution in [0.1, 0.15) is 35.0 Å². The summed E-state index contributed by atoms with van der Waals surface area (Å²) in [5.41, 5.74) is 1.37. The minimum Gasteiger partial charge on any atom is -0.508 e. The van der Waals surface area contributed by atoms with Crippen LogP contribution in [0.4, 0.5) is 5.69 Å². The van der Waals surface area contributed by atoms with Crippen molar-refractivity contribution in [3.63, 3.8) is 0 Å². The van der Waals surface area contributed by atoms with Crippen LogP contribution in [0.2, 0.25) is 0 Å². The highest BCUT2D eigenvalue weighted by Gasteiger charge is 2.20. The van der Waals surface area contributed by atoms with Crippen LogP contribution < -0.4 is 5.32 Å². The number of carbonyl (C=O) groups excluding carboxylic acids is 1. The Morgan fingerprint density at radius 1 is 1.28 bits per heavy atom. The first-order valence-electron chi connectivity index (χ1n) is 8.83. The van der Waals surface area contributed by atoms with Crippen LogP contribution in [0.3, 0.4) is 0 Å². The third-order valence-corrected chi connectivity index (χ3v) is 4.34. The lowest BCUT2D eigenvalue weighted by atomic mass is 10.0. The highest BCUT2D eigenvalue weighted by molar-refractivity contribution is 6.00. The van der Waals surface area contributed by atoms with Gasteiger partial charge in [-0.05, 0) is 31.2 Å². The summed E-state index contributed by atoms with van der Waals surface area (Å²) in [5, 5.41) is 34.6. The number of rotatable bonds is 7. The number of nitrogens with zero attached hydrogens (tertiary/aromatic N) is 3. The fourth-order valence-corrected chi connectivity index (χ4v) is 2.83. The van der Waals surface area contributed by atoms with Crippen molar-refractivity contribution >= 4 is 17.6 Å².